The predicted octanol–water partition coefficient (Wildman–Crippen LogP) is 3.74. The van der Waals surface area contributed by atoms with Gasteiger partial charge in [0, 0.05) is 12.7 Å². The lowest BCUT2D eigenvalue weighted by Crippen LogP contribution is -2.26. The average Bonchev–Trinajstić information content (AvgIpc) is 2.47. The summed E-state index contributed by atoms with van der Waals surface area (Å²) in [6.07, 6.45) is -2.27. The highest BCUT2D eigenvalue weighted by atomic mass is 32.1. The van der Waals surface area contributed by atoms with Gasteiger partial charge in [0.15, 0.2) is 0 Å². The second-order valence-corrected chi connectivity index (χ2v) is 5.02. The van der Waals surface area contributed by atoms with Crippen LogP contribution in [0.5, 0.6) is 0 Å². The first-order valence-electron chi connectivity index (χ1n) is 6.50. The molecule has 0 unspecified atom stereocenters. The summed E-state index contributed by atoms with van der Waals surface area (Å²) in [5.74, 6) is -0.311. The van der Waals surface area contributed by atoms with Crippen molar-refractivity contribution in [2.45, 2.75) is 12.6 Å². The van der Waals surface area contributed by atoms with E-state index in [4.69, 9.17) is 12.2 Å². The van der Waals surface area contributed by atoms with Gasteiger partial charge in [-0.05, 0) is 36.2 Å². The van der Waals surface area contributed by atoms with Crippen molar-refractivity contribution in [1.82, 2.24) is 10.3 Å². The molecule has 2 N–H and O–H groups in total. The van der Waals surface area contributed by atoms with Crippen LogP contribution >= 0.6 is 12.2 Å². The van der Waals surface area contributed by atoms with Gasteiger partial charge in [0.1, 0.15) is 4.64 Å². The normalized spacial score (nSPS) is 11.2. The molecule has 1 amide bonds. The molecule has 1 heterocycles. The number of carbonyl (C=O) groups is 1. The molecule has 0 aliphatic heterocycles. The second-order valence-electron chi connectivity index (χ2n) is 4.61. The molecular weight excluding hydrogens is 313 g/mol. The number of amides is 1. The Morgan fingerprint density at radius 1 is 1.18 bits per heavy atom. The molecule has 0 saturated heterocycles. The molecular formula is C15H13F3N2OS. The van der Waals surface area contributed by atoms with Gasteiger partial charge in [-0.15, -0.1) is 0 Å². The molecule has 0 saturated carbocycles. The van der Waals surface area contributed by atoms with Crippen molar-refractivity contribution >= 4 is 18.1 Å². The molecule has 0 spiro atoms. The van der Waals surface area contributed by atoms with Crippen LogP contribution in [0.15, 0.2) is 42.6 Å². The summed E-state index contributed by atoms with van der Waals surface area (Å²) >= 11 is 5.00. The van der Waals surface area contributed by atoms with Crippen LogP contribution in [0.4, 0.5) is 13.2 Å². The Hall–Kier alpha value is -2.15. The van der Waals surface area contributed by atoms with E-state index < -0.39 is 11.7 Å². The van der Waals surface area contributed by atoms with Crippen molar-refractivity contribution in [3.8, 4) is 0 Å². The number of alkyl halides is 3. The number of rotatable bonds is 4. The third kappa shape index (κ3) is 4.17. The summed E-state index contributed by atoms with van der Waals surface area (Å²) in [4.78, 5) is 14.7. The number of carbonyl (C=O) groups excluding carboxylic acids is 1. The van der Waals surface area contributed by atoms with E-state index in [-0.39, 0.29) is 5.91 Å². The number of pyridine rings is 1. The number of aromatic amines is 1. The van der Waals surface area contributed by atoms with Crippen molar-refractivity contribution in [2.24, 2.45) is 0 Å². The Labute approximate surface area is 130 Å². The molecule has 0 aliphatic rings. The predicted molar refractivity (Wildman–Crippen MR) is 79.1 cm³/mol. The molecule has 1 aromatic heterocycles. The SMILES string of the molecule is O=C(NCCc1ccc(C(F)(F)F)cc1)c1ccc[nH]c1=S. The zero-order valence-corrected chi connectivity index (χ0v) is 12.2. The zero-order chi connectivity index (χ0) is 16.2. The molecule has 22 heavy (non-hydrogen) atoms. The fourth-order valence-electron chi connectivity index (χ4n) is 1.88. The summed E-state index contributed by atoms with van der Waals surface area (Å²) in [6, 6.07) is 8.15. The van der Waals surface area contributed by atoms with E-state index in [1.165, 1.54) is 12.1 Å². The van der Waals surface area contributed by atoms with Gasteiger partial charge in [-0.2, -0.15) is 13.2 Å². The Morgan fingerprint density at radius 2 is 1.86 bits per heavy atom. The lowest BCUT2D eigenvalue weighted by molar-refractivity contribution is -0.137. The van der Waals surface area contributed by atoms with E-state index in [9.17, 15) is 18.0 Å². The van der Waals surface area contributed by atoms with Crippen molar-refractivity contribution in [2.75, 3.05) is 6.54 Å². The molecule has 2 aromatic rings. The minimum atomic E-state index is -4.34. The number of nitrogens with one attached hydrogen (secondary N) is 2. The minimum Gasteiger partial charge on any atom is -0.352 e. The van der Waals surface area contributed by atoms with Crippen LogP contribution < -0.4 is 5.32 Å². The van der Waals surface area contributed by atoms with Gasteiger partial charge in [0.25, 0.3) is 5.91 Å². The quantitative estimate of drug-likeness (QED) is 0.841. The number of hydrogen-bond donors (Lipinski definition) is 2. The van der Waals surface area contributed by atoms with E-state index in [2.05, 4.69) is 10.3 Å². The molecule has 1 aromatic carbocycles. The molecule has 0 atom stereocenters. The van der Waals surface area contributed by atoms with E-state index >= 15 is 0 Å². The van der Waals surface area contributed by atoms with Crippen molar-refractivity contribution in [3.63, 3.8) is 0 Å². The third-order valence-electron chi connectivity index (χ3n) is 3.04. The highest BCUT2D eigenvalue weighted by molar-refractivity contribution is 7.71. The van der Waals surface area contributed by atoms with Crippen molar-refractivity contribution in [3.05, 3.63) is 63.9 Å². The average molecular weight is 326 g/mol. The molecule has 0 radical (unpaired) electrons. The fraction of sp³-hybridized carbons (Fsp3) is 0.200. The van der Waals surface area contributed by atoms with Crippen LogP contribution in [0.3, 0.4) is 0 Å². The minimum absolute atomic E-state index is 0.311. The Morgan fingerprint density at radius 3 is 2.45 bits per heavy atom. The number of halogens is 3. The maximum absolute atomic E-state index is 12.4. The first-order chi connectivity index (χ1) is 10.4. The van der Waals surface area contributed by atoms with E-state index in [0.717, 1.165) is 12.1 Å². The molecule has 116 valence electrons. The smallest absolute Gasteiger partial charge is 0.352 e. The van der Waals surface area contributed by atoms with Gasteiger partial charge in [-0.1, -0.05) is 24.4 Å². The third-order valence-corrected chi connectivity index (χ3v) is 3.38. The summed E-state index contributed by atoms with van der Waals surface area (Å²) in [6.45, 7) is 0.313. The maximum Gasteiger partial charge on any atom is 0.416 e. The highest BCUT2D eigenvalue weighted by Crippen LogP contribution is 2.29. The first kappa shape index (κ1) is 16.2. The number of hydrogen-bond acceptors (Lipinski definition) is 2. The first-order valence-corrected chi connectivity index (χ1v) is 6.91. The van der Waals surface area contributed by atoms with Gasteiger partial charge in [0.2, 0.25) is 0 Å². The Kier molecular flexibility index (Phi) is 4.97. The van der Waals surface area contributed by atoms with Crippen LogP contribution in [-0.2, 0) is 12.6 Å². The topological polar surface area (TPSA) is 44.9 Å². The number of benzene rings is 1. The maximum atomic E-state index is 12.4. The van der Waals surface area contributed by atoms with Gasteiger partial charge < -0.3 is 10.3 Å². The molecule has 0 aliphatic carbocycles. The lowest BCUT2D eigenvalue weighted by atomic mass is 10.1. The van der Waals surface area contributed by atoms with Crippen LogP contribution in [-0.4, -0.2) is 17.4 Å². The molecule has 0 bridgehead atoms. The van der Waals surface area contributed by atoms with Crippen molar-refractivity contribution in [1.29, 1.82) is 0 Å². The summed E-state index contributed by atoms with van der Waals surface area (Å²) in [7, 11) is 0. The van der Waals surface area contributed by atoms with Crippen LogP contribution in [0.2, 0.25) is 0 Å². The van der Waals surface area contributed by atoms with Gasteiger partial charge in [0.05, 0.1) is 11.1 Å². The van der Waals surface area contributed by atoms with E-state index in [1.54, 1.807) is 18.3 Å². The van der Waals surface area contributed by atoms with E-state index in [1.807, 2.05) is 0 Å². The Bertz CT molecular complexity index is 708. The van der Waals surface area contributed by atoms with Crippen LogP contribution in [0.1, 0.15) is 21.5 Å². The van der Waals surface area contributed by atoms with Gasteiger partial charge >= 0.3 is 6.18 Å². The van der Waals surface area contributed by atoms with Crippen LogP contribution in [0, 0.1) is 4.64 Å². The summed E-state index contributed by atoms with van der Waals surface area (Å²) in [5, 5.41) is 2.69. The molecule has 7 heteroatoms. The zero-order valence-electron chi connectivity index (χ0n) is 11.4. The molecule has 2 rings (SSSR count). The summed E-state index contributed by atoms with van der Waals surface area (Å²) in [5.41, 5.74) is 0.396. The lowest BCUT2D eigenvalue weighted by Gasteiger charge is -2.08. The number of H-pyrrole nitrogens is 1. The summed E-state index contributed by atoms with van der Waals surface area (Å²) < 4.78 is 37.6. The Balaban J connectivity index is 1.90. The van der Waals surface area contributed by atoms with E-state index in [0.29, 0.717) is 28.7 Å². The van der Waals surface area contributed by atoms with Gasteiger partial charge in [-0.3, -0.25) is 4.79 Å². The molecule has 3 nitrogen and oxygen atoms in total. The standard InChI is InChI=1S/C15H13F3N2OS/c16-15(17,18)11-5-3-10(4-6-11)7-9-19-13(21)12-2-1-8-20-14(12)22/h1-6,8H,7,9H2,(H,19,21)(H,20,22). The monoisotopic (exact) mass is 326 g/mol. The van der Waals surface area contributed by atoms with Gasteiger partial charge in [-0.25, -0.2) is 0 Å². The molecule has 0 fully saturated rings. The number of aromatic nitrogens is 1. The van der Waals surface area contributed by atoms with Crippen molar-refractivity contribution < 1.29 is 18.0 Å². The largest absolute Gasteiger partial charge is 0.416 e. The second kappa shape index (κ2) is 6.74. The highest BCUT2D eigenvalue weighted by Gasteiger charge is 2.29. The fourth-order valence-corrected chi connectivity index (χ4v) is 2.11. The van der Waals surface area contributed by atoms with Crippen LogP contribution in [0.25, 0.3) is 0 Å².